The lowest BCUT2D eigenvalue weighted by atomic mass is 9.83. The third-order valence-corrected chi connectivity index (χ3v) is 9.52. The van der Waals surface area contributed by atoms with Crippen LogP contribution in [0.3, 0.4) is 0 Å². The van der Waals surface area contributed by atoms with Gasteiger partial charge in [0, 0.05) is 21.9 Å². The van der Waals surface area contributed by atoms with Gasteiger partial charge in [-0.2, -0.15) is 0 Å². The van der Waals surface area contributed by atoms with Gasteiger partial charge in [-0.25, -0.2) is 9.59 Å². The van der Waals surface area contributed by atoms with E-state index in [9.17, 15) is 9.59 Å². The zero-order chi connectivity index (χ0) is 37.0. The molecule has 0 spiro atoms. The Kier molecular flexibility index (Phi) is 9.31. The van der Waals surface area contributed by atoms with Crippen LogP contribution in [0.25, 0.3) is 76.5 Å². The van der Waals surface area contributed by atoms with Crippen LogP contribution in [0, 0.1) is 0 Å². The van der Waals surface area contributed by atoms with E-state index >= 15 is 0 Å². The molecule has 0 bridgehead atoms. The molecule has 8 rings (SSSR count). The maximum atomic E-state index is 13.0. The van der Waals surface area contributed by atoms with Gasteiger partial charge in [0.05, 0.1) is 12.5 Å². The van der Waals surface area contributed by atoms with Crippen LogP contribution in [0.2, 0.25) is 0 Å². The van der Waals surface area contributed by atoms with E-state index in [4.69, 9.17) is 18.9 Å². The van der Waals surface area contributed by atoms with Crippen LogP contribution in [0.1, 0.15) is 0 Å². The third-order valence-electron chi connectivity index (χ3n) is 9.52. The molecule has 0 aromatic heterocycles. The van der Waals surface area contributed by atoms with E-state index in [0.717, 1.165) is 77.9 Å². The molecule has 54 heavy (non-hydrogen) atoms. The topological polar surface area (TPSA) is 71.1 Å². The van der Waals surface area contributed by atoms with Crippen molar-refractivity contribution < 1.29 is 28.5 Å². The molecular formula is C48H34O6. The van der Waals surface area contributed by atoms with Crippen LogP contribution in [0.15, 0.2) is 171 Å². The largest absolute Gasteiger partial charge is 0.481 e. The first kappa shape index (κ1) is 33.9. The maximum Gasteiger partial charge on any atom is 0.348 e. The number of benzene rings is 8. The normalized spacial score (nSPS) is 11.0. The van der Waals surface area contributed by atoms with Gasteiger partial charge in [-0.3, -0.25) is 0 Å². The van der Waals surface area contributed by atoms with Crippen LogP contribution >= 0.6 is 0 Å². The summed E-state index contributed by atoms with van der Waals surface area (Å²) >= 11 is 0. The predicted molar refractivity (Wildman–Crippen MR) is 216 cm³/mol. The molecule has 0 aliphatic heterocycles. The zero-order valence-electron chi connectivity index (χ0n) is 29.3. The second-order valence-electron chi connectivity index (χ2n) is 12.6. The smallest absolute Gasteiger partial charge is 0.348 e. The first-order valence-corrected chi connectivity index (χ1v) is 17.5. The lowest BCUT2D eigenvalue weighted by molar-refractivity contribution is -0.141. The van der Waals surface area contributed by atoms with Gasteiger partial charge in [0.15, 0.2) is 13.2 Å². The predicted octanol–water partition coefficient (Wildman–Crippen LogP) is 11.4. The van der Waals surface area contributed by atoms with Gasteiger partial charge in [-0.15, -0.1) is 0 Å². The minimum absolute atomic E-state index is 0.389. The maximum absolute atomic E-state index is 13.0. The number of carbonyl (C=O) groups excluding carboxylic acids is 2. The van der Waals surface area contributed by atoms with E-state index in [2.05, 4.69) is 49.6 Å². The SMILES string of the molecule is C=COC(=O)COc1c(-c2c(-c3ccccc3)cc3c(ccc4ccccc43)c2OCC(=O)OC=C)c(-c2ccccc2)cc2c1ccc1ccccc12. The van der Waals surface area contributed by atoms with Crippen molar-refractivity contribution in [3.63, 3.8) is 0 Å². The van der Waals surface area contributed by atoms with Crippen molar-refractivity contribution in [1.29, 1.82) is 0 Å². The fraction of sp³-hybridized carbons (Fsp3) is 0.0417. The monoisotopic (exact) mass is 706 g/mol. The summed E-state index contributed by atoms with van der Waals surface area (Å²) in [5, 5.41) is 7.60. The van der Waals surface area contributed by atoms with Crippen LogP contribution in [-0.4, -0.2) is 25.2 Å². The van der Waals surface area contributed by atoms with Gasteiger partial charge >= 0.3 is 11.9 Å². The van der Waals surface area contributed by atoms with Gasteiger partial charge in [-0.05, 0) is 78.8 Å². The average Bonchev–Trinajstić information content (AvgIpc) is 3.22. The van der Waals surface area contributed by atoms with Crippen molar-refractivity contribution in [3.05, 3.63) is 171 Å². The minimum atomic E-state index is -0.605. The molecule has 0 radical (unpaired) electrons. The second-order valence-corrected chi connectivity index (χ2v) is 12.6. The third kappa shape index (κ3) is 6.31. The van der Waals surface area contributed by atoms with Gasteiger partial charge in [-0.1, -0.05) is 134 Å². The molecule has 0 N–H and O–H groups in total. The summed E-state index contributed by atoms with van der Waals surface area (Å²) in [7, 11) is 0. The Bertz CT molecular complexity index is 2540. The van der Waals surface area contributed by atoms with Crippen LogP contribution in [0.4, 0.5) is 0 Å². The highest BCUT2D eigenvalue weighted by Crippen LogP contribution is 2.54. The number of carbonyl (C=O) groups is 2. The summed E-state index contributed by atoms with van der Waals surface area (Å²) in [4.78, 5) is 25.9. The molecule has 0 aliphatic carbocycles. The molecule has 262 valence electrons. The molecule has 0 unspecified atom stereocenters. The number of fused-ring (bicyclic) bond motifs is 6. The van der Waals surface area contributed by atoms with Crippen molar-refractivity contribution in [2.24, 2.45) is 0 Å². The Morgan fingerprint density at radius 3 is 1.24 bits per heavy atom. The average molecular weight is 707 g/mol. The molecule has 0 amide bonds. The highest BCUT2D eigenvalue weighted by Gasteiger charge is 2.28. The highest BCUT2D eigenvalue weighted by molar-refractivity contribution is 6.19. The molecule has 0 saturated heterocycles. The van der Waals surface area contributed by atoms with E-state index in [1.807, 2.05) is 109 Å². The fourth-order valence-electron chi connectivity index (χ4n) is 7.25. The summed E-state index contributed by atoms with van der Waals surface area (Å²) < 4.78 is 23.5. The molecule has 8 aromatic rings. The highest BCUT2D eigenvalue weighted by atomic mass is 16.6. The van der Waals surface area contributed by atoms with Crippen LogP contribution in [-0.2, 0) is 19.1 Å². The summed E-state index contributed by atoms with van der Waals surface area (Å²) in [6.07, 6.45) is 2.18. The molecule has 0 saturated carbocycles. The number of rotatable bonds is 11. The number of esters is 2. The Balaban J connectivity index is 1.58. The summed E-state index contributed by atoms with van der Waals surface area (Å²) in [6.45, 7) is 6.33. The standard InChI is InChI=1S/C48H34O6/c1-3-51-43(49)29-53-47-37-25-23-33-19-11-13-21-35(33)41(37)27-39(31-15-7-5-8-16-31)45(47)46-40(32-17-9-6-10-18-32)28-42-36-22-14-12-20-34(36)24-26-38(42)48(46)54-30-44(50)52-4-2/h3-28H,1-2,29-30H2. The van der Waals surface area contributed by atoms with Gasteiger partial charge < -0.3 is 18.9 Å². The molecular weight excluding hydrogens is 673 g/mol. The van der Waals surface area contributed by atoms with Crippen molar-refractivity contribution in [1.82, 2.24) is 0 Å². The van der Waals surface area contributed by atoms with E-state index in [1.54, 1.807) is 0 Å². The van der Waals surface area contributed by atoms with Gasteiger partial charge in [0.25, 0.3) is 0 Å². The minimum Gasteiger partial charge on any atom is -0.481 e. The summed E-state index contributed by atoms with van der Waals surface area (Å²) in [5.41, 5.74) is 4.85. The van der Waals surface area contributed by atoms with Gasteiger partial charge in [0.1, 0.15) is 11.5 Å². The zero-order valence-corrected chi connectivity index (χ0v) is 29.3. The lowest BCUT2D eigenvalue weighted by Gasteiger charge is -2.25. The van der Waals surface area contributed by atoms with Gasteiger partial charge in [0.2, 0.25) is 0 Å². The van der Waals surface area contributed by atoms with E-state index in [-0.39, 0.29) is 13.2 Å². The van der Waals surface area contributed by atoms with Crippen molar-refractivity contribution in [3.8, 4) is 44.9 Å². The number of ether oxygens (including phenoxy) is 4. The Labute approximate surface area is 312 Å². The number of hydrogen-bond donors (Lipinski definition) is 0. The lowest BCUT2D eigenvalue weighted by Crippen LogP contribution is -2.14. The summed E-state index contributed by atoms with van der Waals surface area (Å²) in [5.74, 6) is -0.304. The second kappa shape index (κ2) is 14.8. The van der Waals surface area contributed by atoms with Crippen molar-refractivity contribution in [2.75, 3.05) is 13.2 Å². The van der Waals surface area contributed by atoms with Crippen molar-refractivity contribution >= 4 is 55.0 Å². The molecule has 0 fully saturated rings. The van der Waals surface area contributed by atoms with Crippen molar-refractivity contribution in [2.45, 2.75) is 0 Å². The van der Waals surface area contributed by atoms with E-state index in [0.29, 0.717) is 22.6 Å². The fourth-order valence-corrected chi connectivity index (χ4v) is 7.25. The Hall–Kier alpha value is -7.18. The molecule has 0 atom stereocenters. The van der Waals surface area contributed by atoms with Crippen LogP contribution < -0.4 is 9.47 Å². The molecule has 0 aliphatic rings. The molecule has 8 aromatic carbocycles. The summed E-state index contributed by atoms with van der Waals surface area (Å²) in [6, 6.07) is 48.9. The Morgan fingerprint density at radius 2 is 0.833 bits per heavy atom. The van der Waals surface area contributed by atoms with E-state index < -0.39 is 11.9 Å². The Morgan fingerprint density at radius 1 is 0.444 bits per heavy atom. The van der Waals surface area contributed by atoms with Crippen LogP contribution in [0.5, 0.6) is 11.5 Å². The molecule has 6 nitrogen and oxygen atoms in total. The first-order valence-electron chi connectivity index (χ1n) is 17.5. The molecule has 0 heterocycles. The molecule has 6 heteroatoms. The first-order chi connectivity index (χ1) is 26.6. The number of hydrogen-bond acceptors (Lipinski definition) is 6. The quantitative estimate of drug-likeness (QED) is 0.0757. The van der Waals surface area contributed by atoms with E-state index in [1.165, 1.54) is 0 Å².